The van der Waals surface area contributed by atoms with Gasteiger partial charge in [0.05, 0.1) is 5.38 Å². The molecule has 1 aromatic carbocycles. The summed E-state index contributed by atoms with van der Waals surface area (Å²) in [6, 6.07) is 8.27. The maximum Gasteiger partial charge on any atom is 0.0577 e. The van der Waals surface area contributed by atoms with Crippen LogP contribution in [-0.4, -0.2) is 6.54 Å². The first-order valence-corrected chi connectivity index (χ1v) is 6.51. The average Bonchev–Trinajstić information content (AvgIpc) is 2.24. The molecule has 0 aromatic heterocycles. The fourth-order valence-corrected chi connectivity index (χ4v) is 1.93. The van der Waals surface area contributed by atoms with Gasteiger partial charge in [-0.3, -0.25) is 0 Å². The van der Waals surface area contributed by atoms with Crippen LogP contribution in [0.4, 0.5) is 5.69 Å². The molecular weight excluding hydrogens is 218 g/mol. The average molecular weight is 240 g/mol. The molecule has 16 heavy (non-hydrogen) atoms. The van der Waals surface area contributed by atoms with Crippen molar-refractivity contribution in [3.63, 3.8) is 0 Å². The molecule has 1 N–H and O–H groups in total. The van der Waals surface area contributed by atoms with Gasteiger partial charge in [0.15, 0.2) is 0 Å². The summed E-state index contributed by atoms with van der Waals surface area (Å²) < 4.78 is 0. The lowest BCUT2D eigenvalue weighted by Gasteiger charge is -2.13. The van der Waals surface area contributed by atoms with Gasteiger partial charge in [0.1, 0.15) is 0 Å². The number of para-hydroxylation sites is 1. The van der Waals surface area contributed by atoms with Gasteiger partial charge in [-0.25, -0.2) is 0 Å². The molecule has 1 nitrogen and oxygen atoms in total. The topological polar surface area (TPSA) is 12.0 Å². The second kappa shape index (κ2) is 6.80. The normalized spacial score (nSPS) is 12.8. The van der Waals surface area contributed by atoms with Crippen LogP contribution in [0.1, 0.15) is 44.6 Å². The molecule has 2 heteroatoms. The molecule has 1 aromatic rings. The predicted molar refractivity (Wildman–Crippen MR) is 73.3 cm³/mol. The molecule has 1 unspecified atom stereocenters. The van der Waals surface area contributed by atoms with Crippen LogP contribution in [0.25, 0.3) is 0 Å². The zero-order valence-corrected chi connectivity index (χ0v) is 11.2. The monoisotopic (exact) mass is 239 g/mol. The van der Waals surface area contributed by atoms with E-state index in [-0.39, 0.29) is 5.38 Å². The van der Waals surface area contributed by atoms with Crippen molar-refractivity contribution in [2.45, 2.75) is 39.0 Å². The van der Waals surface area contributed by atoms with Gasteiger partial charge in [-0.2, -0.15) is 0 Å². The smallest absolute Gasteiger partial charge is 0.0577 e. The molecule has 0 amide bonds. The lowest BCUT2D eigenvalue weighted by atomic mass is 10.1. The number of anilines is 1. The Labute approximate surface area is 104 Å². The Bertz CT molecular complexity index is 307. The summed E-state index contributed by atoms with van der Waals surface area (Å²) in [5, 5.41) is 3.53. The number of hydrogen-bond acceptors (Lipinski definition) is 1. The number of benzene rings is 1. The van der Waals surface area contributed by atoms with Crippen LogP contribution in [0.15, 0.2) is 24.3 Å². The van der Waals surface area contributed by atoms with E-state index in [9.17, 15) is 0 Å². The fraction of sp³-hybridized carbons (Fsp3) is 0.571. The second-order valence-electron chi connectivity index (χ2n) is 4.67. The number of alkyl halides is 1. The molecule has 0 heterocycles. The summed E-state index contributed by atoms with van der Waals surface area (Å²) in [5.74, 6) is 0.781. The quantitative estimate of drug-likeness (QED) is 0.554. The molecular formula is C14H22ClN. The van der Waals surface area contributed by atoms with Gasteiger partial charge in [0.2, 0.25) is 0 Å². The Morgan fingerprint density at radius 1 is 1.19 bits per heavy atom. The van der Waals surface area contributed by atoms with Gasteiger partial charge in [-0.05, 0) is 37.3 Å². The minimum atomic E-state index is 0.0637. The van der Waals surface area contributed by atoms with Crippen LogP contribution in [0.3, 0.4) is 0 Å². The van der Waals surface area contributed by atoms with Crippen molar-refractivity contribution < 1.29 is 0 Å². The number of halogens is 1. The standard InChI is InChI=1S/C14H22ClN/c1-11(2)7-6-10-16-14-9-5-4-8-13(14)12(3)15/h4-5,8-9,11-12,16H,6-7,10H2,1-3H3. The Morgan fingerprint density at radius 3 is 2.50 bits per heavy atom. The second-order valence-corrected chi connectivity index (χ2v) is 5.32. The van der Waals surface area contributed by atoms with Gasteiger partial charge in [0, 0.05) is 12.2 Å². The summed E-state index contributed by atoms with van der Waals surface area (Å²) in [7, 11) is 0. The highest BCUT2D eigenvalue weighted by atomic mass is 35.5. The van der Waals surface area contributed by atoms with Crippen LogP contribution >= 0.6 is 11.6 Å². The molecule has 0 saturated carbocycles. The Balaban J connectivity index is 2.47. The van der Waals surface area contributed by atoms with Crippen LogP contribution in [-0.2, 0) is 0 Å². The van der Waals surface area contributed by atoms with Crippen molar-refractivity contribution in [1.82, 2.24) is 0 Å². The lowest BCUT2D eigenvalue weighted by molar-refractivity contribution is 0.567. The van der Waals surface area contributed by atoms with Crippen LogP contribution in [0.2, 0.25) is 0 Å². The van der Waals surface area contributed by atoms with E-state index in [1.807, 2.05) is 19.1 Å². The molecule has 0 bridgehead atoms. The van der Waals surface area contributed by atoms with E-state index < -0.39 is 0 Å². The van der Waals surface area contributed by atoms with E-state index in [2.05, 4.69) is 31.3 Å². The Kier molecular flexibility index (Phi) is 5.68. The zero-order valence-electron chi connectivity index (χ0n) is 10.5. The third-order valence-corrected chi connectivity index (χ3v) is 2.90. The van der Waals surface area contributed by atoms with Crippen molar-refractivity contribution in [3.05, 3.63) is 29.8 Å². The maximum absolute atomic E-state index is 6.13. The first-order chi connectivity index (χ1) is 7.61. The summed E-state index contributed by atoms with van der Waals surface area (Å²) in [6.07, 6.45) is 2.48. The third kappa shape index (κ3) is 4.44. The van der Waals surface area contributed by atoms with E-state index in [1.54, 1.807) is 0 Å². The zero-order chi connectivity index (χ0) is 12.0. The highest BCUT2D eigenvalue weighted by molar-refractivity contribution is 6.21. The fourth-order valence-electron chi connectivity index (χ4n) is 1.74. The minimum Gasteiger partial charge on any atom is -0.385 e. The van der Waals surface area contributed by atoms with Crippen molar-refractivity contribution in [1.29, 1.82) is 0 Å². The Hall–Kier alpha value is -0.690. The van der Waals surface area contributed by atoms with Crippen LogP contribution in [0.5, 0.6) is 0 Å². The Morgan fingerprint density at radius 2 is 1.88 bits per heavy atom. The summed E-state index contributed by atoms with van der Waals surface area (Å²) in [6.45, 7) is 7.55. The van der Waals surface area contributed by atoms with Crippen molar-refractivity contribution in [2.24, 2.45) is 5.92 Å². The van der Waals surface area contributed by atoms with Crippen molar-refractivity contribution >= 4 is 17.3 Å². The van der Waals surface area contributed by atoms with Crippen LogP contribution in [0, 0.1) is 5.92 Å². The first kappa shape index (κ1) is 13.4. The molecule has 0 aliphatic heterocycles. The summed E-state index contributed by atoms with van der Waals surface area (Å²) in [5.41, 5.74) is 2.36. The SMILES string of the molecule is CC(C)CCCNc1ccccc1C(C)Cl. The number of hydrogen-bond donors (Lipinski definition) is 1. The largest absolute Gasteiger partial charge is 0.385 e. The van der Waals surface area contributed by atoms with E-state index in [4.69, 9.17) is 11.6 Å². The molecule has 1 rings (SSSR count). The molecule has 0 aliphatic carbocycles. The summed E-state index contributed by atoms with van der Waals surface area (Å²) in [4.78, 5) is 0. The van der Waals surface area contributed by atoms with Gasteiger partial charge in [-0.1, -0.05) is 32.0 Å². The van der Waals surface area contributed by atoms with E-state index >= 15 is 0 Å². The number of rotatable bonds is 6. The van der Waals surface area contributed by atoms with E-state index in [1.165, 1.54) is 24.1 Å². The lowest BCUT2D eigenvalue weighted by Crippen LogP contribution is -2.05. The molecule has 0 spiro atoms. The number of nitrogens with one attached hydrogen (secondary N) is 1. The van der Waals surface area contributed by atoms with E-state index in [0.717, 1.165) is 12.5 Å². The van der Waals surface area contributed by atoms with E-state index in [0.29, 0.717) is 0 Å². The van der Waals surface area contributed by atoms with Crippen molar-refractivity contribution in [2.75, 3.05) is 11.9 Å². The molecule has 90 valence electrons. The van der Waals surface area contributed by atoms with Gasteiger partial charge in [0.25, 0.3) is 0 Å². The molecule has 0 radical (unpaired) electrons. The molecule has 0 saturated heterocycles. The van der Waals surface area contributed by atoms with Gasteiger partial charge in [-0.15, -0.1) is 11.6 Å². The van der Waals surface area contributed by atoms with Crippen molar-refractivity contribution in [3.8, 4) is 0 Å². The van der Waals surface area contributed by atoms with Gasteiger partial charge >= 0.3 is 0 Å². The summed E-state index contributed by atoms with van der Waals surface area (Å²) >= 11 is 6.13. The maximum atomic E-state index is 6.13. The molecule has 0 fully saturated rings. The highest BCUT2D eigenvalue weighted by Crippen LogP contribution is 2.26. The van der Waals surface area contributed by atoms with Crippen LogP contribution < -0.4 is 5.32 Å². The highest BCUT2D eigenvalue weighted by Gasteiger charge is 2.06. The third-order valence-electron chi connectivity index (χ3n) is 2.66. The predicted octanol–water partition coefficient (Wildman–Crippen LogP) is 4.83. The first-order valence-electron chi connectivity index (χ1n) is 6.08. The molecule has 1 atom stereocenters. The molecule has 0 aliphatic rings. The van der Waals surface area contributed by atoms with Gasteiger partial charge < -0.3 is 5.32 Å². The minimum absolute atomic E-state index is 0.0637.